The molecule has 0 bridgehead atoms. The lowest BCUT2D eigenvalue weighted by atomic mass is 10.1. The van der Waals surface area contributed by atoms with Crippen molar-refractivity contribution in [3.63, 3.8) is 0 Å². The van der Waals surface area contributed by atoms with Crippen LogP contribution in [0.1, 0.15) is 15.9 Å². The quantitative estimate of drug-likeness (QED) is 0.746. The molecule has 0 aliphatic heterocycles. The number of nitrogens with zero attached hydrogens (tertiary/aromatic N) is 1. The van der Waals surface area contributed by atoms with E-state index in [-0.39, 0.29) is 0 Å². The molecule has 60 valence electrons. The third-order valence-electron chi connectivity index (χ3n) is 1.37. The third-order valence-corrected chi connectivity index (χ3v) is 3.42. The first-order valence-corrected chi connectivity index (χ1v) is 4.62. The Hall–Kier alpha value is -0.660. The molecule has 2 nitrogen and oxygen atoms in total. The molecule has 0 saturated carbocycles. The van der Waals surface area contributed by atoms with Crippen LogP contribution in [0.25, 0.3) is 0 Å². The highest BCUT2D eigenvalue weighted by molar-refractivity contribution is 9.13. The molecule has 0 amide bonds. The molecule has 0 saturated heterocycles. The van der Waals surface area contributed by atoms with Gasteiger partial charge in [-0.2, -0.15) is 5.26 Å². The van der Waals surface area contributed by atoms with Crippen LogP contribution in [-0.4, -0.2) is 6.29 Å². The summed E-state index contributed by atoms with van der Waals surface area (Å²) >= 11 is 6.44. The molecule has 0 heterocycles. The second-order valence-corrected chi connectivity index (χ2v) is 3.70. The zero-order chi connectivity index (χ0) is 9.14. The maximum Gasteiger partial charge on any atom is 0.152 e. The van der Waals surface area contributed by atoms with E-state index in [2.05, 4.69) is 31.9 Å². The molecule has 0 aliphatic carbocycles. The standard InChI is InChI=1S/C8H3Br2NO/c9-7-2-1-5(3-11)6(4-12)8(7)10/h1-2,4H. The van der Waals surface area contributed by atoms with Crippen LogP contribution in [0, 0.1) is 11.3 Å². The number of carbonyl (C=O) groups excluding carboxylic acids is 1. The third kappa shape index (κ3) is 1.57. The normalized spacial score (nSPS) is 9.08. The van der Waals surface area contributed by atoms with Gasteiger partial charge in [-0.15, -0.1) is 0 Å². The van der Waals surface area contributed by atoms with Gasteiger partial charge in [0.2, 0.25) is 0 Å². The van der Waals surface area contributed by atoms with E-state index in [0.717, 1.165) is 4.47 Å². The predicted octanol–water partition coefficient (Wildman–Crippen LogP) is 2.90. The van der Waals surface area contributed by atoms with Crippen LogP contribution < -0.4 is 0 Å². The van der Waals surface area contributed by atoms with Gasteiger partial charge in [0.25, 0.3) is 0 Å². The summed E-state index contributed by atoms with van der Waals surface area (Å²) in [6.07, 6.45) is 0.660. The Kier molecular flexibility index (Phi) is 3.01. The highest BCUT2D eigenvalue weighted by Gasteiger charge is 2.07. The van der Waals surface area contributed by atoms with Crippen molar-refractivity contribution in [3.8, 4) is 6.07 Å². The summed E-state index contributed by atoms with van der Waals surface area (Å²) in [7, 11) is 0. The van der Waals surface area contributed by atoms with Crippen LogP contribution >= 0.6 is 31.9 Å². The molecule has 12 heavy (non-hydrogen) atoms. The summed E-state index contributed by atoms with van der Waals surface area (Å²) in [4.78, 5) is 10.6. The number of halogens is 2. The molecule has 1 aromatic rings. The van der Waals surface area contributed by atoms with Crippen LogP contribution in [-0.2, 0) is 0 Å². The van der Waals surface area contributed by atoms with Crippen molar-refractivity contribution >= 4 is 38.1 Å². The SMILES string of the molecule is N#Cc1ccc(Br)c(Br)c1C=O. The Morgan fingerprint density at radius 2 is 2.08 bits per heavy atom. The molecular weight excluding hydrogens is 286 g/mol. The van der Waals surface area contributed by atoms with Crippen molar-refractivity contribution in [2.24, 2.45) is 0 Å². The van der Waals surface area contributed by atoms with Gasteiger partial charge in [0, 0.05) is 14.5 Å². The van der Waals surface area contributed by atoms with Crippen LogP contribution in [0.4, 0.5) is 0 Å². The Morgan fingerprint density at radius 1 is 1.42 bits per heavy atom. The summed E-state index contributed by atoms with van der Waals surface area (Å²) in [5.41, 5.74) is 0.756. The minimum absolute atomic E-state index is 0.375. The van der Waals surface area contributed by atoms with Crippen molar-refractivity contribution in [2.75, 3.05) is 0 Å². The monoisotopic (exact) mass is 287 g/mol. The van der Waals surface area contributed by atoms with Crippen molar-refractivity contribution in [2.45, 2.75) is 0 Å². The zero-order valence-corrected chi connectivity index (χ0v) is 9.02. The first kappa shape index (κ1) is 9.43. The van der Waals surface area contributed by atoms with Crippen LogP contribution in [0.2, 0.25) is 0 Å². The van der Waals surface area contributed by atoms with E-state index in [4.69, 9.17) is 5.26 Å². The Bertz CT molecular complexity index is 368. The number of rotatable bonds is 1. The molecule has 0 unspecified atom stereocenters. The predicted molar refractivity (Wildman–Crippen MR) is 51.9 cm³/mol. The molecule has 0 fully saturated rings. The van der Waals surface area contributed by atoms with Crippen LogP contribution in [0.5, 0.6) is 0 Å². The lowest BCUT2D eigenvalue weighted by molar-refractivity contribution is 0.112. The largest absolute Gasteiger partial charge is 0.298 e. The lowest BCUT2D eigenvalue weighted by Crippen LogP contribution is -1.89. The average Bonchev–Trinajstić information content (AvgIpc) is 2.09. The highest BCUT2D eigenvalue weighted by atomic mass is 79.9. The second-order valence-electron chi connectivity index (χ2n) is 2.05. The number of hydrogen-bond acceptors (Lipinski definition) is 2. The van der Waals surface area contributed by atoms with Gasteiger partial charge in [-0.25, -0.2) is 0 Å². The van der Waals surface area contributed by atoms with Gasteiger partial charge in [-0.1, -0.05) is 0 Å². The van der Waals surface area contributed by atoms with Gasteiger partial charge in [-0.3, -0.25) is 4.79 Å². The Labute approximate surface area is 86.5 Å². The van der Waals surface area contributed by atoms with Crippen LogP contribution in [0.3, 0.4) is 0 Å². The molecule has 4 heteroatoms. The molecule has 0 spiro atoms. The Morgan fingerprint density at radius 3 is 2.58 bits per heavy atom. The summed E-state index contributed by atoms with van der Waals surface area (Å²) < 4.78 is 1.39. The topological polar surface area (TPSA) is 40.9 Å². The average molecular weight is 289 g/mol. The fourth-order valence-corrected chi connectivity index (χ4v) is 1.56. The fraction of sp³-hybridized carbons (Fsp3) is 0. The molecule has 0 N–H and O–H groups in total. The molecular formula is C8H3Br2NO. The van der Waals surface area contributed by atoms with Crippen molar-refractivity contribution < 1.29 is 4.79 Å². The minimum Gasteiger partial charge on any atom is -0.298 e. The van der Waals surface area contributed by atoms with Gasteiger partial charge in [-0.05, 0) is 44.0 Å². The number of carbonyl (C=O) groups is 1. The second kappa shape index (κ2) is 3.83. The van der Waals surface area contributed by atoms with E-state index in [9.17, 15) is 4.79 Å². The fourth-order valence-electron chi connectivity index (χ4n) is 0.779. The number of nitriles is 1. The number of hydrogen-bond donors (Lipinski definition) is 0. The van der Waals surface area contributed by atoms with Gasteiger partial charge in [0.1, 0.15) is 0 Å². The number of aldehydes is 1. The van der Waals surface area contributed by atoms with E-state index in [0.29, 0.717) is 21.9 Å². The summed E-state index contributed by atoms with van der Waals surface area (Å²) in [5.74, 6) is 0. The smallest absolute Gasteiger partial charge is 0.152 e. The first-order valence-electron chi connectivity index (χ1n) is 3.04. The maximum absolute atomic E-state index is 10.6. The zero-order valence-electron chi connectivity index (χ0n) is 5.84. The van der Waals surface area contributed by atoms with E-state index in [1.54, 1.807) is 12.1 Å². The van der Waals surface area contributed by atoms with Crippen molar-refractivity contribution in [1.82, 2.24) is 0 Å². The van der Waals surface area contributed by atoms with Gasteiger partial charge >= 0.3 is 0 Å². The molecule has 0 atom stereocenters. The van der Waals surface area contributed by atoms with Crippen LogP contribution in [0.15, 0.2) is 21.1 Å². The summed E-state index contributed by atoms with van der Waals surface area (Å²) in [6, 6.07) is 5.25. The highest BCUT2D eigenvalue weighted by Crippen LogP contribution is 2.27. The molecule has 0 aromatic heterocycles. The van der Waals surface area contributed by atoms with E-state index >= 15 is 0 Å². The van der Waals surface area contributed by atoms with Gasteiger partial charge < -0.3 is 0 Å². The first-order chi connectivity index (χ1) is 5.70. The molecule has 0 radical (unpaired) electrons. The van der Waals surface area contributed by atoms with Gasteiger partial charge in [0.05, 0.1) is 11.6 Å². The molecule has 0 aliphatic rings. The van der Waals surface area contributed by atoms with Crippen molar-refractivity contribution in [1.29, 1.82) is 5.26 Å². The maximum atomic E-state index is 10.6. The molecule has 1 rings (SSSR count). The number of benzene rings is 1. The van der Waals surface area contributed by atoms with Gasteiger partial charge in [0.15, 0.2) is 6.29 Å². The lowest BCUT2D eigenvalue weighted by Gasteiger charge is -2.00. The van der Waals surface area contributed by atoms with E-state index in [1.807, 2.05) is 6.07 Å². The summed E-state index contributed by atoms with van der Waals surface area (Å²) in [6.45, 7) is 0. The Balaban J connectivity index is 3.48. The minimum atomic E-state index is 0.375. The molecule has 1 aromatic carbocycles. The van der Waals surface area contributed by atoms with Crippen molar-refractivity contribution in [3.05, 3.63) is 32.2 Å². The van der Waals surface area contributed by atoms with E-state index < -0.39 is 0 Å². The van der Waals surface area contributed by atoms with E-state index in [1.165, 1.54) is 0 Å². The summed E-state index contributed by atoms with van der Waals surface area (Å²) in [5, 5.41) is 8.62.